The molecule has 0 spiro atoms. The van der Waals surface area contributed by atoms with Crippen LogP contribution in [0.5, 0.6) is 11.5 Å². The molecule has 0 fully saturated rings. The Hall–Kier alpha value is -1.97. The number of hydrogen-bond acceptors (Lipinski definition) is 3. The zero-order valence-electron chi connectivity index (χ0n) is 6.77. The van der Waals surface area contributed by atoms with Gasteiger partial charge in [-0.05, 0) is 18.2 Å². The summed E-state index contributed by atoms with van der Waals surface area (Å²) in [4.78, 5) is 10.4. The number of carbonyl (C=O) groups excluding carboxylic acids is 1. The molecule has 0 atom stereocenters. The summed E-state index contributed by atoms with van der Waals surface area (Å²) in [5.74, 6) is -0.723. The maximum Gasteiger partial charge on any atom is 0.241 e. The summed E-state index contributed by atoms with van der Waals surface area (Å²) in [7, 11) is 0. The highest BCUT2D eigenvalue weighted by Crippen LogP contribution is 2.23. The minimum atomic E-state index is -0.590. The standard InChI is InChI=1S/C9H9NO3/c10-9(13)4-2-6-1-3-7(11)5-8(6)12/h1-5,11-12H,(H2,10,13). The maximum atomic E-state index is 10.4. The Labute approximate surface area is 74.9 Å². The van der Waals surface area contributed by atoms with Gasteiger partial charge in [0.15, 0.2) is 0 Å². The minimum absolute atomic E-state index is 0.0336. The van der Waals surface area contributed by atoms with Crippen LogP contribution in [0.2, 0.25) is 0 Å². The third-order valence-electron chi connectivity index (χ3n) is 1.44. The average Bonchev–Trinajstić information content (AvgIpc) is 2.02. The average molecular weight is 179 g/mol. The number of primary amides is 1. The van der Waals surface area contributed by atoms with E-state index >= 15 is 0 Å². The molecule has 1 rings (SSSR count). The minimum Gasteiger partial charge on any atom is -0.508 e. The van der Waals surface area contributed by atoms with E-state index in [1.54, 1.807) is 0 Å². The number of phenolic OH excluding ortho intramolecular Hbond substituents is 2. The van der Waals surface area contributed by atoms with Crippen molar-refractivity contribution in [1.29, 1.82) is 0 Å². The second-order valence-electron chi connectivity index (χ2n) is 2.48. The van der Waals surface area contributed by atoms with E-state index in [0.717, 1.165) is 6.08 Å². The first-order valence-electron chi connectivity index (χ1n) is 3.59. The number of benzene rings is 1. The molecule has 0 aromatic heterocycles. The molecule has 1 amide bonds. The van der Waals surface area contributed by atoms with Crippen LogP contribution in [0, 0.1) is 0 Å². The van der Waals surface area contributed by atoms with Gasteiger partial charge >= 0.3 is 0 Å². The van der Waals surface area contributed by atoms with E-state index in [-0.39, 0.29) is 11.5 Å². The van der Waals surface area contributed by atoms with Crippen LogP contribution in [0.15, 0.2) is 24.3 Å². The molecule has 4 N–H and O–H groups in total. The highest BCUT2D eigenvalue weighted by molar-refractivity contribution is 5.90. The van der Waals surface area contributed by atoms with Gasteiger partial charge in [0.1, 0.15) is 11.5 Å². The lowest BCUT2D eigenvalue weighted by molar-refractivity contribution is -0.113. The van der Waals surface area contributed by atoms with E-state index in [0.29, 0.717) is 5.56 Å². The highest BCUT2D eigenvalue weighted by Gasteiger charge is 1.98. The topological polar surface area (TPSA) is 83.6 Å². The van der Waals surface area contributed by atoms with Gasteiger partial charge in [-0.15, -0.1) is 0 Å². The van der Waals surface area contributed by atoms with Crippen LogP contribution >= 0.6 is 0 Å². The lowest BCUT2D eigenvalue weighted by atomic mass is 10.2. The molecule has 68 valence electrons. The van der Waals surface area contributed by atoms with Crippen molar-refractivity contribution in [3.8, 4) is 11.5 Å². The lowest BCUT2D eigenvalue weighted by Crippen LogP contribution is -2.05. The Morgan fingerprint density at radius 2 is 2.08 bits per heavy atom. The summed E-state index contributed by atoms with van der Waals surface area (Å²) in [5, 5.41) is 18.2. The van der Waals surface area contributed by atoms with E-state index in [4.69, 9.17) is 10.8 Å². The molecule has 0 aliphatic heterocycles. The fourth-order valence-corrected chi connectivity index (χ4v) is 0.845. The summed E-state index contributed by atoms with van der Waals surface area (Å²) in [6.07, 6.45) is 2.50. The molecule has 4 heteroatoms. The molecule has 13 heavy (non-hydrogen) atoms. The summed E-state index contributed by atoms with van der Waals surface area (Å²) < 4.78 is 0. The predicted molar refractivity (Wildman–Crippen MR) is 48.0 cm³/mol. The van der Waals surface area contributed by atoms with Gasteiger partial charge in [0.25, 0.3) is 0 Å². The lowest BCUT2D eigenvalue weighted by Gasteiger charge is -1.98. The molecule has 0 heterocycles. The van der Waals surface area contributed by atoms with Crippen molar-refractivity contribution >= 4 is 12.0 Å². The van der Waals surface area contributed by atoms with Crippen molar-refractivity contribution in [3.63, 3.8) is 0 Å². The first-order valence-corrected chi connectivity index (χ1v) is 3.59. The Bertz CT molecular complexity index is 358. The first kappa shape index (κ1) is 9.12. The van der Waals surface area contributed by atoms with Crippen molar-refractivity contribution in [2.75, 3.05) is 0 Å². The zero-order valence-corrected chi connectivity index (χ0v) is 6.77. The van der Waals surface area contributed by atoms with Crippen LogP contribution in [-0.4, -0.2) is 16.1 Å². The summed E-state index contributed by atoms with van der Waals surface area (Å²) in [5.41, 5.74) is 5.29. The van der Waals surface area contributed by atoms with Crippen LogP contribution in [0.25, 0.3) is 6.08 Å². The molecule has 0 aliphatic carbocycles. The molecule has 1 aromatic rings. The maximum absolute atomic E-state index is 10.4. The zero-order chi connectivity index (χ0) is 9.84. The van der Waals surface area contributed by atoms with Crippen molar-refractivity contribution in [2.45, 2.75) is 0 Å². The van der Waals surface area contributed by atoms with Gasteiger partial charge in [-0.2, -0.15) is 0 Å². The first-order chi connectivity index (χ1) is 6.09. The van der Waals surface area contributed by atoms with Gasteiger partial charge in [-0.1, -0.05) is 0 Å². The van der Waals surface area contributed by atoms with Gasteiger partial charge in [0.2, 0.25) is 5.91 Å². The Balaban J connectivity index is 2.96. The normalized spacial score (nSPS) is 10.5. The van der Waals surface area contributed by atoms with Crippen molar-refractivity contribution in [2.24, 2.45) is 5.73 Å². The Morgan fingerprint density at radius 1 is 1.38 bits per heavy atom. The number of rotatable bonds is 2. The van der Waals surface area contributed by atoms with E-state index in [1.165, 1.54) is 24.3 Å². The van der Waals surface area contributed by atoms with Crippen molar-refractivity contribution in [3.05, 3.63) is 29.8 Å². The molecule has 0 unspecified atom stereocenters. The van der Waals surface area contributed by atoms with Gasteiger partial charge in [-0.25, -0.2) is 0 Å². The second-order valence-corrected chi connectivity index (χ2v) is 2.48. The number of hydrogen-bond donors (Lipinski definition) is 3. The molecule has 1 aromatic carbocycles. The van der Waals surface area contributed by atoms with E-state index in [9.17, 15) is 9.90 Å². The second kappa shape index (κ2) is 3.62. The Morgan fingerprint density at radius 3 is 2.62 bits per heavy atom. The summed E-state index contributed by atoms with van der Waals surface area (Å²) in [6.45, 7) is 0. The largest absolute Gasteiger partial charge is 0.508 e. The van der Waals surface area contributed by atoms with Crippen molar-refractivity contribution in [1.82, 2.24) is 0 Å². The smallest absolute Gasteiger partial charge is 0.241 e. The van der Waals surface area contributed by atoms with E-state index in [1.807, 2.05) is 0 Å². The quantitative estimate of drug-likeness (QED) is 0.581. The Kier molecular flexibility index (Phi) is 2.54. The van der Waals surface area contributed by atoms with Crippen LogP contribution < -0.4 is 5.73 Å². The van der Waals surface area contributed by atoms with Crippen LogP contribution in [0.1, 0.15) is 5.56 Å². The SMILES string of the molecule is NC(=O)C=Cc1ccc(O)cc1O. The number of aromatic hydroxyl groups is 2. The number of amides is 1. The fraction of sp³-hybridized carbons (Fsp3) is 0. The number of nitrogens with two attached hydrogens (primary N) is 1. The third kappa shape index (κ3) is 2.52. The number of carbonyl (C=O) groups is 1. The molecule has 0 aliphatic rings. The molecule has 4 nitrogen and oxygen atoms in total. The van der Waals surface area contributed by atoms with E-state index < -0.39 is 5.91 Å². The van der Waals surface area contributed by atoms with Gasteiger partial charge in [0.05, 0.1) is 0 Å². The molecule has 0 bridgehead atoms. The predicted octanol–water partition coefficient (Wildman–Crippen LogP) is 0.596. The molecule has 0 radical (unpaired) electrons. The summed E-state index contributed by atoms with van der Waals surface area (Å²) in [6, 6.07) is 4.06. The number of phenols is 2. The molecule has 0 saturated carbocycles. The molecule has 0 saturated heterocycles. The van der Waals surface area contributed by atoms with Gasteiger partial charge < -0.3 is 15.9 Å². The van der Waals surface area contributed by atoms with Crippen LogP contribution in [0.3, 0.4) is 0 Å². The summed E-state index contributed by atoms with van der Waals surface area (Å²) >= 11 is 0. The van der Waals surface area contributed by atoms with Gasteiger partial charge in [0, 0.05) is 17.7 Å². The molecular weight excluding hydrogens is 170 g/mol. The third-order valence-corrected chi connectivity index (χ3v) is 1.44. The fourth-order valence-electron chi connectivity index (χ4n) is 0.845. The van der Waals surface area contributed by atoms with Crippen LogP contribution in [-0.2, 0) is 4.79 Å². The highest BCUT2D eigenvalue weighted by atomic mass is 16.3. The van der Waals surface area contributed by atoms with Crippen molar-refractivity contribution < 1.29 is 15.0 Å². The van der Waals surface area contributed by atoms with Crippen LogP contribution in [0.4, 0.5) is 0 Å². The molecular formula is C9H9NO3. The van der Waals surface area contributed by atoms with Gasteiger partial charge in [-0.3, -0.25) is 4.79 Å². The monoisotopic (exact) mass is 179 g/mol. The van der Waals surface area contributed by atoms with E-state index in [2.05, 4.69) is 0 Å².